The van der Waals surface area contributed by atoms with Crippen LogP contribution in [0.4, 0.5) is 0 Å². The lowest BCUT2D eigenvalue weighted by Gasteiger charge is -2.26. The zero-order valence-electron chi connectivity index (χ0n) is 12.3. The summed E-state index contributed by atoms with van der Waals surface area (Å²) in [5.74, 6) is 0. The highest BCUT2D eigenvalue weighted by Gasteiger charge is 2.35. The molecule has 0 amide bonds. The predicted molar refractivity (Wildman–Crippen MR) is 82.8 cm³/mol. The van der Waals surface area contributed by atoms with E-state index in [9.17, 15) is 13.5 Å². The second kappa shape index (κ2) is 6.62. The summed E-state index contributed by atoms with van der Waals surface area (Å²) < 4.78 is 27.1. The Morgan fingerprint density at radius 2 is 2.14 bits per heavy atom. The van der Waals surface area contributed by atoms with Gasteiger partial charge in [-0.2, -0.15) is 4.31 Å². The Labute approximate surface area is 131 Å². The Morgan fingerprint density at radius 3 is 2.76 bits per heavy atom. The van der Waals surface area contributed by atoms with Gasteiger partial charge in [-0.3, -0.25) is 0 Å². The van der Waals surface area contributed by atoms with Gasteiger partial charge in [-0.15, -0.1) is 0 Å². The van der Waals surface area contributed by atoms with Crippen molar-refractivity contribution < 1.29 is 13.5 Å². The molecule has 1 aliphatic heterocycles. The van der Waals surface area contributed by atoms with E-state index >= 15 is 0 Å². The average Bonchev–Trinajstić information content (AvgIpc) is 2.87. The fourth-order valence-electron chi connectivity index (χ4n) is 2.70. The number of likely N-dealkylation sites (N-methyl/N-ethyl adjacent to an activating group) is 1. The first kappa shape index (κ1) is 16.7. The van der Waals surface area contributed by atoms with Crippen molar-refractivity contribution in [2.24, 2.45) is 0 Å². The van der Waals surface area contributed by atoms with Gasteiger partial charge < -0.3 is 10.0 Å². The van der Waals surface area contributed by atoms with Crippen LogP contribution in [0.5, 0.6) is 0 Å². The van der Waals surface area contributed by atoms with Crippen molar-refractivity contribution in [3.8, 4) is 0 Å². The van der Waals surface area contributed by atoms with Crippen LogP contribution in [0.25, 0.3) is 0 Å². The summed E-state index contributed by atoms with van der Waals surface area (Å²) in [6.45, 7) is 0.973. The summed E-state index contributed by atoms with van der Waals surface area (Å²) in [5, 5.41) is 9.62. The van der Waals surface area contributed by atoms with E-state index in [-0.39, 0.29) is 17.5 Å². The molecule has 2 rings (SSSR count). The van der Waals surface area contributed by atoms with E-state index in [1.54, 1.807) is 4.31 Å². The quantitative estimate of drug-likeness (QED) is 0.888. The van der Waals surface area contributed by atoms with Crippen LogP contribution < -0.4 is 0 Å². The van der Waals surface area contributed by atoms with Crippen molar-refractivity contribution in [3.63, 3.8) is 0 Å². The summed E-state index contributed by atoms with van der Waals surface area (Å²) in [5.41, 5.74) is 0.432. The maximum absolute atomic E-state index is 12.8. The van der Waals surface area contributed by atoms with E-state index in [2.05, 4.69) is 0 Å². The Kier molecular flexibility index (Phi) is 5.27. The molecule has 0 aromatic heterocycles. The maximum atomic E-state index is 12.8. The minimum Gasteiger partial charge on any atom is -0.392 e. The molecule has 1 aromatic carbocycles. The number of sulfonamides is 1. The highest BCUT2D eigenvalue weighted by molar-refractivity contribution is 7.89. The molecule has 1 atom stereocenters. The normalized spacial score (nSPS) is 20.3. The molecule has 1 unspecified atom stereocenters. The molecule has 118 valence electrons. The SMILES string of the molecule is CN(C)CC1CCCN1S(=O)(=O)c1ccc(Cl)c(CO)c1. The second-order valence-electron chi connectivity index (χ2n) is 5.59. The zero-order chi connectivity index (χ0) is 15.6. The van der Waals surface area contributed by atoms with Crippen molar-refractivity contribution >= 4 is 21.6 Å². The van der Waals surface area contributed by atoms with Gasteiger partial charge in [0.25, 0.3) is 0 Å². The lowest BCUT2D eigenvalue weighted by atomic mass is 10.2. The molecule has 1 N–H and O–H groups in total. The number of halogens is 1. The highest BCUT2D eigenvalue weighted by atomic mass is 35.5. The summed E-state index contributed by atoms with van der Waals surface area (Å²) in [7, 11) is 0.334. The standard InChI is InChI=1S/C14H21ClN2O3S/c1-16(2)9-12-4-3-7-17(12)21(19,20)13-5-6-14(15)11(8-13)10-18/h5-6,8,12,18H,3-4,7,9-10H2,1-2H3. The molecule has 1 saturated heterocycles. The number of rotatable bonds is 5. The molecule has 21 heavy (non-hydrogen) atoms. The molecular formula is C14H21ClN2O3S. The molecule has 1 heterocycles. The minimum atomic E-state index is -3.55. The molecule has 7 heteroatoms. The summed E-state index contributed by atoms with van der Waals surface area (Å²) >= 11 is 5.93. The monoisotopic (exact) mass is 332 g/mol. The van der Waals surface area contributed by atoms with Crippen molar-refractivity contribution in [1.29, 1.82) is 0 Å². The summed E-state index contributed by atoms with van der Waals surface area (Å²) in [4.78, 5) is 2.20. The Hall–Kier alpha value is -0.660. The van der Waals surface area contributed by atoms with Crippen LogP contribution in [0.2, 0.25) is 5.02 Å². The molecule has 0 aliphatic carbocycles. The van der Waals surface area contributed by atoms with Gasteiger partial charge in [0.05, 0.1) is 11.5 Å². The number of nitrogens with zero attached hydrogens (tertiary/aromatic N) is 2. The predicted octanol–water partition coefficient (Wildman–Crippen LogP) is 1.55. The third-order valence-electron chi connectivity index (χ3n) is 3.69. The Morgan fingerprint density at radius 1 is 1.43 bits per heavy atom. The number of aliphatic hydroxyl groups is 1. The van der Waals surface area contributed by atoms with Crippen LogP contribution in [0, 0.1) is 0 Å². The lowest BCUT2D eigenvalue weighted by Crippen LogP contribution is -2.41. The van der Waals surface area contributed by atoms with Crippen LogP contribution in [0.15, 0.2) is 23.1 Å². The first-order valence-corrected chi connectivity index (χ1v) is 8.74. The molecule has 5 nitrogen and oxygen atoms in total. The fourth-order valence-corrected chi connectivity index (χ4v) is 4.61. The largest absolute Gasteiger partial charge is 0.392 e. The van der Waals surface area contributed by atoms with Crippen molar-refractivity contribution in [1.82, 2.24) is 9.21 Å². The fraction of sp³-hybridized carbons (Fsp3) is 0.571. The first-order chi connectivity index (χ1) is 9.86. The van der Waals surface area contributed by atoms with Crippen LogP contribution in [0.3, 0.4) is 0 Å². The summed E-state index contributed by atoms with van der Waals surface area (Å²) in [6.07, 6.45) is 1.75. The van der Waals surface area contributed by atoms with Crippen LogP contribution >= 0.6 is 11.6 Å². The molecule has 1 aromatic rings. The smallest absolute Gasteiger partial charge is 0.243 e. The zero-order valence-corrected chi connectivity index (χ0v) is 13.9. The van der Waals surface area contributed by atoms with Gasteiger partial charge in [0.1, 0.15) is 0 Å². The third-order valence-corrected chi connectivity index (χ3v) is 6.01. The van der Waals surface area contributed by atoms with Gasteiger partial charge in [-0.05, 0) is 50.7 Å². The van der Waals surface area contributed by atoms with E-state index in [1.807, 2.05) is 19.0 Å². The van der Waals surface area contributed by atoms with Gasteiger partial charge in [0.2, 0.25) is 10.0 Å². The Balaban J connectivity index is 2.33. The minimum absolute atomic E-state index is 0.00162. The second-order valence-corrected chi connectivity index (χ2v) is 7.88. The van der Waals surface area contributed by atoms with E-state index in [1.165, 1.54) is 18.2 Å². The molecule has 1 aliphatic rings. The van der Waals surface area contributed by atoms with Crippen molar-refractivity contribution in [3.05, 3.63) is 28.8 Å². The number of aliphatic hydroxyl groups excluding tert-OH is 1. The maximum Gasteiger partial charge on any atom is 0.243 e. The van der Waals surface area contributed by atoms with Gasteiger partial charge in [0.15, 0.2) is 0 Å². The molecule has 0 saturated carbocycles. The van der Waals surface area contributed by atoms with E-state index in [4.69, 9.17) is 11.6 Å². The molecule has 1 fully saturated rings. The van der Waals surface area contributed by atoms with Gasteiger partial charge in [-0.1, -0.05) is 11.6 Å². The molecule has 0 bridgehead atoms. The topological polar surface area (TPSA) is 60.9 Å². The average molecular weight is 333 g/mol. The van der Waals surface area contributed by atoms with Crippen molar-refractivity contribution in [2.45, 2.75) is 30.4 Å². The molecular weight excluding hydrogens is 312 g/mol. The van der Waals surface area contributed by atoms with Crippen LogP contribution in [0.1, 0.15) is 18.4 Å². The van der Waals surface area contributed by atoms with E-state index in [0.29, 0.717) is 23.7 Å². The van der Waals surface area contributed by atoms with Gasteiger partial charge >= 0.3 is 0 Å². The third kappa shape index (κ3) is 3.57. The number of benzene rings is 1. The van der Waals surface area contributed by atoms with Crippen LogP contribution in [-0.4, -0.2) is 56.0 Å². The highest BCUT2D eigenvalue weighted by Crippen LogP contribution is 2.28. The number of hydrogen-bond donors (Lipinski definition) is 1. The number of hydrogen-bond acceptors (Lipinski definition) is 4. The van der Waals surface area contributed by atoms with Crippen LogP contribution in [-0.2, 0) is 16.6 Å². The Bertz CT molecular complexity index is 604. The van der Waals surface area contributed by atoms with Gasteiger partial charge in [0, 0.05) is 24.2 Å². The molecule has 0 radical (unpaired) electrons. The van der Waals surface area contributed by atoms with Crippen molar-refractivity contribution in [2.75, 3.05) is 27.2 Å². The first-order valence-electron chi connectivity index (χ1n) is 6.92. The molecule has 0 spiro atoms. The lowest BCUT2D eigenvalue weighted by molar-refractivity contribution is 0.281. The summed E-state index contributed by atoms with van der Waals surface area (Å²) in [6, 6.07) is 4.49. The van der Waals surface area contributed by atoms with Gasteiger partial charge in [-0.25, -0.2) is 8.42 Å². The van der Waals surface area contributed by atoms with E-state index < -0.39 is 10.0 Å². The van der Waals surface area contributed by atoms with E-state index in [0.717, 1.165) is 12.8 Å².